The molecule has 31 heavy (non-hydrogen) atoms. The van der Waals surface area contributed by atoms with Gasteiger partial charge in [0.25, 0.3) is 5.91 Å². The molecule has 9 heteroatoms. The van der Waals surface area contributed by atoms with Crippen LogP contribution in [0.3, 0.4) is 0 Å². The van der Waals surface area contributed by atoms with Crippen molar-refractivity contribution in [2.45, 2.75) is 39.5 Å². The summed E-state index contributed by atoms with van der Waals surface area (Å²) < 4.78 is 7.03. The predicted molar refractivity (Wildman–Crippen MR) is 116 cm³/mol. The van der Waals surface area contributed by atoms with Gasteiger partial charge in [0.1, 0.15) is 0 Å². The van der Waals surface area contributed by atoms with Gasteiger partial charge in [0.2, 0.25) is 5.96 Å². The third-order valence-electron chi connectivity index (χ3n) is 5.90. The van der Waals surface area contributed by atoms with E-state index in [0.717, 1.165) is 22.5 Å². The lowest BCUT2D eigenvalue weighted by Crippen LogP contribution is -2.65. The number of ether oxygens (including phenoxy) is 1. The number of nitrogens with zero attached hydrogens (tertiary/aromatic N) is 6. The van der Waals surface area contributed by atoms with Crippen molar-refractivity contribution in [3.05, 3.63) is 52.8 Å². The van der Waals surface area contributed by atoms with Gasteiger partial charge in [-0.3, -0.25) is 9.69 Å². The van der Waals surface area contributed by atoms with E-state index < -0.39 is 12.2 Å². The molecule has 164 valence electrons. The van der Waals surface area contributed by atoms with E-state index >= 15 is 0 Å². The molecule has 2 unspecified atom stereocenters. The number of benzene rings is 1. The van der Waals surface area contributed by atoms with Crippen molar-refractivity contribution < 1.29 is 14.3 Å². The number of rotatable bonds is 5. The van der Waals surface area contributed by atoms with E-state index in [2.05, 4.69) is 5.10 Å². The largest absolute Gasteiger partial charge is 0.383 e. The molecule has 0 saturated carbocycles. The first kappa shape index (κ1) is 21.0. The predicted octanol–water partition coefficient (Wildman–Crippen LogP) is 1.76. The Morgan fingerprint density at radius 3 is 2.52 bits per heavy atom. The van der Waals surface area contributed by atoms with Gasteiger partial charge in [0, 0.05) is 26.4 Å². The molecular formula is C22H28N6O3. The van der Waals surface area contributed by atoms with Crippen LogP contribution in [0, 0.1) is 20.8 Å². The van der Waals surface area contributed by atoms with Gasteiger partial charge in [-0.2, -0.15) is 5.10 Å². The monoisotopic (exact) mass is 424 g/mol. The van der Waals surface area contributed by atoms with Gasteiger partial charge >= 0.3 is 6.03 Å². The Bertz CT molecular complexity index is 1050. The van der Waals surface area contributed by atoms with Crippen LogP contribution in [0.15, 0.2) is 35.3 Å². The van der Waals surface area contributed by atoms with Crippen molar-refractivity contribution in [3.63, 3.8) is 0 Å². The first-order chi connectivity index (χ1) is 14.8. The number of urea groups is 1. The number of amides is 3. The molecule has 3 heterocycles. The smallest absolute Gasteiger partial charge is 0.328 e. The molecule has 1 aromatic heterocycles. The lowest BCUT2D eigenvalue weighted by molar-refractivity contribution is -0.138. The molecule has 1 saturated heterocycles. The van der Waals surface area contributed by atoms with E-state index in [1.807, 2.05) is 56.0 Å². The Labute approximate surface area is 181 Å². The number of aliphatic imine (C=N–C) groups is 1. The van der Waals surface area contributed by atoms with E-state index in [1.165, 1.54) is 4.90 Å². The zero-order valence-corrected chi connectivity index (χ0v) is 18.6. The Kier molecular flexibility index (Phi) is 5.53. The molecule has 1 aromatic carbocycles. The molecule has 2 aromatic rings. The molecule has 1 fully saturated rings. The van der Waals surface area contributed by atoms with Gasteiger partial charge < -0.3 is 14.5 Å². The second-order valence-corrected chi connectivity index (χ2v) is 8.06. The van der Waals surface area contributed by atoms with E-state index in [4.69, 9.17) is 9.73 Å². The summed E-state index contributed by atoms with van der Waals surface area (Å²) >= 11 is 0. The number of hydrogen-bond donors (Lipinski definition) is 0. The van der Waals surface area contributed by atoms with E-state index in [9.17, 15) is 9.59 Å². The fourth-order valence-electron chi connectivity index (χ4n) is 4.20. The summed E-state index contributed by atoms with van der Waals surface area (Å²) in [5.74, 6) is 0.302. The normalized spacial score (nSPS) is 21.1. The van der Waals surface area contributed by atoms with Crippen molar-refractivity contribution >= 4 is 17.9 Å². The van der Waals surface area contributed by atoms with Crippen molar-refractivity contribution in [3.8, 4) is 0 Å². The summed E-state index contributed by atoms with van der Waals surface area (Å²) in [6.07, 6.45) is -0.608. The number of hydrogen-bond acceptors (Lipinski definition) is 6. The summed E-state index contributed by atoms with van der Waals surface area (Å²) in [6.45, 7) is 6.94. The van der Waals surface area contributed by atoms with Gasteiger partial charge in [-0.1, -0.05) is 24.3 Å². The number of imide groups is 1. The average Bonchev–Trinajstić information content (AvgIpc) is 3.28. The SMILES string of the molecule is COCCN1C(n2nc(C)cc2C)=NC2C1C(=O)N(Cc1ccccc1C)C(=O)N2C. The van der Waals surface area contributed by atoms with Gasteiger partial charge in [0.05, 0.1) is 18.8 Å². The fourth-order valence-corrected chi connectivity index (χ4v) is 4.20. The maximum atomic E-state index is 13.6. The molecule has 0 radical (unpaired) electrons. The van der Waals surface area contributed by atoms with Gasteiger partial charge in [-0.05, 0) is 38.0 Å². The molecule has 2 aliphatic rings. The highest BCUT2D eigenvalue weighted by atomic mass is 16.5. The second kappa shape index (κ2) is 8.14. The Morgan fingerprint density at radius 2 is 1.87 bits per heavy atom. The lowest BCUT2D eigenvalue weighted by Gasteiger charge is -2.41. The Hall–Kier alpha value is -3.20. The van der Waals surface area contributed by atoms with Crippen LogP contribution in [0.4, 0.5) is 4.79 Å². The number of carbonyl (C=O) groups excluding carboxylic acids is 2. The Morgan fingerprint density at radius 1 is 1.13 bits per heavy atom. The quantitative estimate of drug-likeness (QED) is 0.731. The minimum atomic E-state index is -0.624. The maximum absolute atomic E-state index is 13.6. The summed E-state index contributed by atoms with van der Waals surface area (Å²) in [5.41, 5.74) is 3.75. The first-order valence-corrected chi connectivity index (χ1v) is 10.3. The third kappa shape index (κ3) is 3.59. The van der Waals surface area contributed by atoms with E-state index in [0.29, 0.717) is 19.1 Å². The van der Waals surface area contributed by atoms with Crippen molar-refractivity contribution in [2.24, 2.45) is 4.99 Å². The number of aromatic nitrogens is 2. The molecule has 9 nitrogen and oxygen atoms in total. The maximum Gasteiger partial charge on any atom is 0.328 e. The molecule has 0 N–H and O–H groups in total. The van der Waals surface area contributed by atoms with Crippen LogP contribution in [-0.4, -0.2) is 81.9 Å². The average molecular weight is 425 g/mol. The van der Waals surface area contributed by atoms with Crippen LogP contribution in [0.2, 0.25) is 0 Å². The van der Waals surface area contributed by atoms with Crippen LogP contribution in [0.1, 0.15) is 22.5 Å². The van der Waals surface area contributed by atoms with Gasteiger partial charge in [-0.15, -0.1) is 0 Å². The number of aryl methyl sites for hydroxylation is 3. The van der Waals surface area contributed by atoms with Crippen molar-refractivity contribution in [2.75, 3.05) is 27.3 Å². The zero-order chi connectivity index (χ0) is 22.3. The standard InChI is InChI=1S/C22H28N6O3/c1-14-8-6-7-9-17(14)13-27-20(29)18-19(25(4)22(27)30)23-21(26(18)10-11-31-5)28-16(3)12-15(2)24-28/h6-9,12,18-19H,10-11,13H2,1-5H3. The van der Waals surface area contributed by atoms with Crippen molar-refractivity contribution in [1.82, 2.24) is 24.5 Å². The minimum absolute atomic E-state index is 0.227. The fraction of sp³-hybridized carbons (Fsp3) is 0.455. The van der Waals surface area contributed by atoms with Crippen LogP contribution in [-0.2, 0) is 16.1 Å². The molecule has 0 bridgehead atoms. The minimum Gasteiger partial charge on any atom is -0.383 e. The van der Waals surface area contributed by atoms with Crippen LogP contribution < -0.4 is 0 Å². The highest BCUT2D eigenvalue weighted by Crippen LogP contribution is 2.29. The van der Waals surface area contributed by atoms with Gasteiger partial charge in [0.15, 0.2) is 12.2 Å². The number of carbonyl (C=O) groups is 2. The van der Waals surface area contributed by atoms with Crippen LogP contribution >= 0.6 is 0 Å². The number of likely N-dealkylation sites (N-methyl/N-ethyl adjacent to an activating group) is 1. The summed E-state index contributed by atoms with van der Waals surface area (Å²) in [5, 5.41) is 4.55. The number of methoxy groups -OCH3 is 1. The van der Waals surface area contributed by atoms with Crippen molar-refractivity contribution in [1.29, 1.82) is 0 Å². The molecule has 0 spiro atoms. The first-order valence-electron chi connectivity index (χ1n) is 10.3. The summed E-state index contributed by atoms with van der Waals surface area (Å²) in [7, 11) is 3.32. The Balaban J connectivity index is 1.71. The molecule has 2 atom stereocenters. The number of fused-ring (bicyclic) bond motifs is 1. The molecule has 0 aliphatic carbocycles. The topological polar surface area (TPSA) is 83.3 Å². The van der Waals surface area contributed by atoms with Crippen LogP contribution in [0.25, 0.3) is 0 Å². The summed E-state index contributed by atoms with van der Waals surface area (Å²) in [4.78, 5) is 36.3. The third-order valence-corrected chi connectivity index (χ3v) is 5.90. The lowest BCUT2D eigenvalue weighted by atomic mass is 10.1. The molecule has 4 rings (SSSR count). The second-order valence-electron chi connectivity index (χ2n) is 8.06. The molecule has 2 aliphatic heterocycles. The highest BCUT2D eigenvalue weighted by Gasteiger charge is 2.52. The molecular weight excluding hydrogens is 396 g/mol. The van der Waals surface area contributed by atoms with E-state index in [1.54, 1.807) is 23.7 Å². The highest BCUT2D eigenvalue weighted by molar-refractivity contribution is 6.04. The summed E-state index contributed by atoms with van der Waals surface area (Å²) in [6, 6.07) is 8.76. The van der Waals surface area contributed by atoms with Gasteiger partial charge in [-0.25, -0.2) is 14.5 Å². The molecule has 3 amide bonds. The van der Waals surface area contributed by atoms with Crippen LogP contribution in [0.5, 0.6) is 0 Å². The van der Waals surface area contributed by atoms with E-state index in [-0.39, 0.29) is 18.5 Å². The zero-order valence-electron chi connectivity index (χ0n) is 18.6.